The number of nitrogens with zero attached hydrogens (tertiary/aromatic N) is 12. The Morgan fingerprint density at radius 2 is 0.500 bits per heavy atom. The summed E-state index contributed by atoms with van der Waals surface area (Å²) in [4.78, 5) is 38.8. The van der Waals surface area contributed by atoms with Crippen LogP contribution < -0.4 is 0 Å². The molecule has 22 aromatic rings. The van der Waals surface area contributed by atoms with Gasteiger partial charge in [-0.3, -0.25) is 19.9 Å². The number of pyridine rings is 5. The van der Waals surface area contributed by atoms with Crippen molar-refractivity contribution in [1.29, 1.82) is 0 Å². The normalized spacial score (nSPS) is 11.6. The van der Waals surface area contributed by atoms with Crippen LogP contribution in [-0.2, 0) is 0 Å². The van der Waals surface area contributed by atoms with Gasteiger partial charge in [-0.25, -0.2) is 19.9 Å². The molecule has 0 aliphatic heterocycles. The molecule has 0 N–H and O–H groups in total. The highest BCUT2D eigenvalue weighted by Gasteiger charge is 2.22. The lowest BCUT2D eigenvalue weighted by atomic mass is 10.0. The van der Waals surface area contributed by atoms with Gasteiger partial charge in [0, 0.05) is 96.5 Å². The standard InChI is InChI=1S/2C50H32N6/c1-4-13-33(14-5-1)48-52-49(34-15-6-2-7-16-34)54-50(53-48)35-22-26-39(27-23-35)55-44-29-25-36(31-42(44)47-45(55)21-12-30-51-47)37-24-28-41-40-19-10-11-20-43(40)56(46(41)32-37)38-17-8-3-9-18-38;1-2-13-37(14-3-1)55-46-19-5-4-16-39(46)40-23-21-35(32-49(40)55)34-22-24-47-41(29-34)50-48(20-11-27-53-50)56(47)38-15-10-12-33(28-38)36-30-44(42-17-6-8-25-51-42)54-45(31-36)43-18-7-9-26-52-43/h2*1-32H. The van der Waals surface area contributed by atoms with E-state index in [1.54, 1.807) is 12.4 Å². The highest BCUT2D eigenvalue weighted by molar-refractivity contribution is 6.14. The summed E-state index contributed by atoms with van der Waals surface area (Å²) in [5.41, 5.74) is 28.1. The minimum atomic E-state index is 0.626. The molecule has 0 aliphatic carbocycles. The van der Waals surface area contributed by atoms with Gasteiger partial charge in [0.25, 0.3) is 0 Å². The lowest BCUT2D eigenvalue weighted by Gasteiger charge is -2.12. The molecular formula is C100H64N12. The largest absolute Gasteiger partial charge is 0.309 e. The number of fused-ring (bicyclic) bond motifs is 12. The molecule has 0 fully saturated rings. The Bertz CT molecular complexity index is 7230. The van der Waals surface area contributed by atoms with Gasteiger partial charge in [0.05, 0.1) is 77.9 Å². The Morgan fingerprint density at radius 1 is 0.161 bits per heavy atom. The van der Waals surface area contributed by atoms with Crippen molar-refractivity contribution in [2.24, 2.45) is 0 Å². The van der Waals surface area contributed by atoms with Crippen LogP contribution >= 0.6 is 0 Å². The molecule has 0 amide bonds. The van der Waals surface area contributed by atoms with E-state index in [0.29, 0.717) is 17.5 Å². The van der Waals surface area contributed by atoms with E-state index in [1.807, 2.05) is 122 Å². The van der Waals surface area contributed by atoms with Crippen LogP contribution in [0, 0.1) is 0 Å². The fourth-order valence-electron chi connectivity index (χ4n) is 16.1. The zero-order valence-corrected chi connectivity index (χ0v) is 60.3. The summed E-state index contributed by atoms with van der Waals surface area (Å²) < 4.78 is 9.35. The molecule has 12 nitrogen and oxygen atoms in total. The quantitative estimate of drug-likeness (QED) is 0.119. The summed E-state index contributed by atoms with van der Waals surface area (Å²) in [6.07, 6.45) is 7.36. The third-order valence-electron chi connectivity index (χ3n) is 21.3. The van der Waals surface area contributed by atoms with Gasteiger partial charge >= 0.3 is 0 Å². The third-order valence-corrected chi connectivity index (χ3v) is 21.3. The van der Waals surface area contributed by atoms with Gasteiger partial charge in [-0.05, 0) is 203 Å². The van der Waals surface area contributed by atoms with Crippen molar-refractivity contribution in [3.05, 3.63) is 389 Å². The number of hydrogen-bond donors (Lipinski definition) is 0. The zero-order chi connectivity index (χ0) is 74.0. The van der Waals surface area contributed by atoms with E-state index in [4.69, 9.17) is 29.9 Å². The van der Waals surface area contributed by atoms with E-state index >= 15 is 0 Å². The molecule has 0 atom stereocenters. The van der Waals surface area contributed by atoms with Crippen molar-refractivity contribution in [3.63, 3.8) is 0 Å². The summed E-state index contributed by atoms with van der Waals surface area (Å²) in [5, 5.41) is 7.17. The Balaban J connectivity index is 0.000000141. The Labute approximate surface area is 643 Å². The van der Waals surface area contributed by atoms with Crippen LogP contribution in [0.3, 0.4) is 0 Å². The van der Waals surface area contributed by atoms with E-state index in [9.17, 15) is 0 Å². The molecule has 10 heterocycles. The van der Waals surface area contributed by atoms with Crippen molar-refractivity contribution < 1.29 is 0 Å². The monoisotopic (exact) mass is 1430 g/mol. The van der Waals surface area contributed by atoms with Crippen LogP contribution in [0.4, 0.5) is 0 Å². The molecule has 22 rings (SSSR count). The van der Waals surface area contributed by atoms with Crippen LogP contribution in [0.15, 0.2) is 389 Å². The molecule has 12 aromatic carbocycles. The van der Waals surface area contributed by atoms with Crippen molar-refractivity contribution in [3.8, 4) is 113 Å². The Morgan fingerprint density at radius 3 is 0.982 bits per heavy atom. The second kappa shape index (κ2) is 27.4. The fraction of sp³-hybridized carbons (Fsp3) is 0. The van der Waals surface area contributed by atoms with Gasteiger partial charge in [0.1, 0.15) is 0 Å². The van der Waals surface area contributed by atoms with Crippen LogP contribution in [0.5, 0.6) is 0 Å². The smallest absolute Gasteiger partial charge is 0.164 e. The molecule has 0 unspecified atom stereocenters. The van der Waals surface area contributed by atoms with Crippen molar-refractivity contribution >= 4 is 87.5 Å². The van der Waals surface area contributed by atoms with Crippen LogP contribution in [-0.4, -0.2) is 58.1 Å². The van der Waals surface area contributed by atoms with Crippen molar-refractivity contribution in [2.45, 2.75) is 0 Å². The maximum absolute atomic E-state index is 4.99. The zero-order valence-electron chi connectivity index (χ0n) is 60.3. The lowest BCUT2D eigenvalue weighted by Crippen LogP contribution is -2.00. The molecule has 0 aliphatic rings. The fourth-order valence-corrected chi connectivity index (χ4v) is 16.1. The molecule has 0 radical (unpaired) electrons. The first-order valence-electron chi connectivity index (χ1n) is 37.4. The van der Waals surface area contributed by atoms with Crippen LogP contribution in [0.1, 0.15) is 0 Å². The number of rotatable bonds is 12. The average Bonchev–Trinajstić information content (AvgIpc) is 1.59. The Kier molecular flexibility index (Phi) is 15.9. The van der Waals surface area contributed by atoms with Crippen LogP contribution in [0.25, 0.3) is 201 Å². The van der Waals surface area contributed by atoms with Gasteiger partial charge < -0.3 is 18.3 Å². The highest BCUT2D eigenvalue weighted by Crippen LogP contribution is 2.42. The molecular weight excluding hydrogens is 1370 g/mol. The summed E-state index contributed by atoms with van der Waals surface area (Å²) >= 11 is 0. The van der Waals surface area contributed by atoms with Crippen molar-refractivity contribution in [1.82, 2.24) is 58.1 Å². The van der Waals surface area contributed by atoms with Gasteiger partial charge in [0.2, 0.25) is 0 Å². The number of aromatic nitrogens is 12. The first-order valence-corrected chi connectivity index (χ1v) is 37.4. The maximum atomic E-state index is 4.99. The third kappa shape index (κ3) is 11.5. The molecule has 0 bridgehead atoms. The van der Waals surface area contributed by atoms with Crippen LogP contribution in [0.2, 0.25) is 0 Å². The van der Waals surface area contributed by atoms with E-state index in [-0.39, 0.29) is 0 Å². The molecule has 10 aromatic heterocycles. The predicted octanol–water partition coefficient (Wildman–Crippen LogP) is 24.3. The van der Waals surface area contributed by atoms with E-state index < -0.39 is 0 Å². The molecule has 0 saturated carbocycles. The number of benzene rings is 12. The number of hydrogen-bond acceptors (Lipinski definition) is 8. The first kappa shape index (κ1) is 64.9. The molecule has 524 valence electrons. The Hall–Kier alpha value is -15.4. The van der Waals surface area contributed by atoms with E-state index in [1.165, 1.54) is 43.6 Å². The first-order chi connectivity index (χ1) is 55.5. The van der Waals surface area contributed by atoms with Gasteiger partial charge in [-0.2, -0.15) is 0 Å². The topological polar surface area (TPSA) is 123 Å². The molecule has 0 saturated heterocycles. The average molecular weight is 1430 g/mol. The highest BCUT2D eigenvalue weighted by atomic mass is 15.0. The SMILES string of the molecule is c1ccc(-c2nc(-c3ccccc3)nc(-c3ccc(-n4c5ccc(-c6ccc7c8ccccc8n(-c8ccccc8)c7c6)cc5c5ncccc54)cc3)n2)cc1.c1ccc(-n2c3ccccc3c3ccc(-c4ccc5c(c4)c4ncccc4n5-c4cccc(-c5cc(-c6ccccn6)nc(-c6ccccn6)c5)c4)cc32)cc1. The molecule has 0 spiro atoms. The van der Waals surface area contributed by atoms with E-state index in [2.05, 4.69) is 283 Å². The van der Waals surface area contributed by atoms with Gasteiger partial charge in [-0.1, -0.05) is 194 Å². The molecule has 112 heavy (non-hydrogen) atoms. The predicted molar refractivity (Wildman–Crippen MR) is 456 cm³/mol. The minimum absolute atomic E-state index is 0.626. The summed E-state index contributed by atoms with van der Waals surface area (Å²) in [7, 11) is 0. The van der Waals surface area contributed by atoms with Crippen molar-refractivity contribution in [2.75, 3.05) is 0 Å². The molecule has 12 heteroatoms. The second-order valence-electron chi connectivity index (χ2n) is 27.9. The summed E-state index contributed by atoms with van der Waals surface area (Å²) in [6, 6.07) is 127. The minimum Gasteiger partial charge on any atom is -0.309 e. The van der Waals surface area contributed by atoms with Gasteiger partial charge in [-0.15, -0.1) is 0 Å². The van der Waals surface area contributed by atoms with Gasteiger partial charge in [0.15, 0.2) is 17.5 Å². The summed E-state index contributed by atoms with van der Waals surface area (Å²) in [6.45, 7) is 0. The summed E-state index contributed by atoms with van der Waals surface area (Å²) in [5.74, 6) is 1.91. The van der Waals surface area contributed by atoms with E-state index in [0.717, 1.165) is 139 Å². The second-order valence-corrected chi connectivity index (χ2v) is 27.9. The number of para-hydroxylation sites is 4. The maximum Gasteiger partial charge on any atom is 0.164 e. The lowest BCUT2D eigenvalue weighted by molar-refractivity contribution is 1.07.